The van der Waals surface area contributed by atoms with Crippen molar-refractivity contribution in [2.45, 2.75) is 111 Å². The monoisotopic (exact) mass is 1120 g/mol. The third kappa shape index (κ3) is 8.99. The molecule has 7 nitrogen and oxygen atoms in total. The van der Waals surface area contributed by atoms with Crippen molar-refractivity contribution in [3.63, 3.8) is 0 Å². The number of hydrogen-bond acceptors (Lipinski definition) is 4. The molecule has 0 amide bonds. The Balaban J connectivity index is 1.20. The zero-order chi connectivity index (χ0) is 57.2. The first-order valence-corrected chi connectivity index (χ1v) is 25.2. The van der Waals surface area contributed by atoms with Crippen LogP contribution in [0.25, 0.3) is 55.9 Å². The number of para-hydroxylation sites is 2. The van der Waals surface area contributed by atoms with Crippen LogP contribution < -0.4 is 9.55 Å². The van der Waals surface area contributed by atoms with E-state index >= 15 is 0 Å². The van der Waals surface area contributed by atoms with Crippen LogP contribution in [0.2, 0.25) is 6.75 Å². The van der Waals surface area contributed by atoms with Crippen molar-refractivity contribution < 1.29 is 35.1 Å². The molecule has 0 fully saturated rings. The Morgan fingerprint density at radius 1 is 0.592 bits per heavy atom. The molecule has 71 heavy (non-hydrogen) atoms. The molecule has 0 spiro atoms. The van der Waals surface area contributed by atoms with Gasteiger partial charge < -0.3 is 0 Å². The van der Waals surface area contributed by atoms with Gasteiger partial charge in [-0.25, -0.2) is 0 Å². The molecular formula is C62H63BN6OPt-2. The van der Waals surface area contributed by atoms with Crippen molar-refractivity contribution in [1.29, 1.82) is 0 Å². The first kappa shape index (κ1) is 39.2. The fraction of sp³-hybridized carbons (Fsp3) is 0.274. The van der Waals surface area contributed by atoms with Crippen molar-refractivity contribution in [2.75, 3.05) is 4.81 Å². The second-order valence-electron chi connectivity index (χ2n) is 22.5. The summed E-state index contributed by atoms with van der Waals surface area (Å²) in [6.07, 6.45) is 3.31. The van der Waals surface area contributed by atoms with Crippen LogP contribution >= 0.6 is 0 Å². The Kier molecular flexibility index (Phi) is 9.74. The molecule has 0 radical (unpaired) electrons. The first-order valence-electron chi connectivity index (χ1n) is 28.0. The first-order chi connectivity index (χ1) is 36.8. The normalized spacial score (nSPS) is 15.0. The fourth-order valence-corrected chi connectivity index (χ4v) is 10.3. The summed E-state index contributed by atoms with van der Waals surface area (Å²) in [6.45, 7) is 22.1. The quantitative estimate of drug-likeness (QED) is 0.118. The van der Waals surface area contributed by atoms with Gasteiger partial charge in [0, 0.05) is 16.5 Å². The van der Waals surface area contributed by atoms with Gasteiger partial charge in [-0.3, -0.25) is 0 Å². The maximum absolute atomic E-state index is 9.49. The van der Waals surface area contributed by atoms with Gasteiger partial charge in [0.1, 0.15) is 0 Å². The Morgan fingerprint density at radius 3 is 1.86 bits per heavy atom. The number of hydrogen-bond donors (Lipinski definition) is 0. The van der Waals surface area contributed by atoms with E-state index < -0.39 is 37.3 Å². The van der Waals surface area contributed by atoms with Gasteiger partial charge >= 0.3 is 386 Å². The van der Waals surface area contributed by atoms with Gasteiger partial charge in [-0.1, -0.05) is 20.8 Å². The van der Waals surface area contributed by atoms with E-state index in [0.717, 1.165) is 44.4 Å². The number of ether oxygens (including phenoxy) is 1. The molecule has 9 heteroatoms. The molecule has 362 valence electrons. The summed E-state index contributed by atoms with van der Waals surface area (Å²) in [7, 11) is 0. The van der Waals surface area contributed by atoms with E-state index in [-0.39, 0.29) is 33.9 Å². The van der Waals surface area contributed by atoms with Crippen molar-refractivity contribution in [3.05, 3.63) is 184 Å². The number of anilines is 2. The molecule has 0 aliphatic carbocycles. The third-order valence-electron chi connectivity index (χ3n) is 13.3. The molecule has 4 heterocycles. The van der Waals surface area contributed by atoms with Crippen LogP contribution in [0.1, 0.15) is 116 Å². The van der Waals surface area contributed by atoms with Crippen molar-refractivity contribution >= 4 is 29.5 Å². The summed E-state index contributed by atoms with van der Waals surface area (Å²) in [4.78, 5) is 6.42. The number of fused-ring (bicyclic) bond motifs is 4. The van der Waals surface area contributed by atoms with Gasteiger partial charge in [-0.05, 0) is 17.0 Å². The Bertz CT molecular complexity index is 3920. The second kappa shape index (κ2) is 17.7. The zero-order valence-corrected chi connectivity index (χ0v) is 44.7. The van der Waals surface area contributed by atoms with E-state index in [9.17, 15) is 2.74 Å². The minimum absolute atomic E-state index is 0.103. The van der Waals surface area contributed by atoms with Crippen LogP contribution in [0.5, 0.6) is 11.5 Å². The molecule has 0 saturated carbocycles. The molecule has 0 unspecified atom stereocenters. The van der Waals surface area contributed by atoms with E-state index in [1.165, 1.54) is 4.59 Å². The van der Waals surface area contributed by atoms with Crippen LogP contribution in [0.15, 0.2) is 146 Å². The van der Waals surface area contributed by atoms with Crippen LogP contribution in [-0.4, -0.2) is 30.8 Å². The molecule has 10 rings (SSSR count). The molecule has 0 atom stereocenters. The number of imidazole rings is 1. The SMILES string of the molecule is [2H]c1c([2H])c([2H])c(-c2cc(C(C)(C)C)cc(-c3cc(C(C)(C)C)cc(C(C)(C)C)c3)c2-n2[c](=[Pt])n(-c3[c-]c(Oc4[c-]c5c(cc4)-c4ccnn4B(C([2H])([2H])[2H])N5c4cc(C(C)(C)C)ccn4)ccc3)c3ccccc32)c([2H])c1[2H]. The van der Waals surface area contributed by atoms with Gasteiger partial charge in [0.15, 0.2) is 0 Å². The van der Waals surface area contributed by atoms with Crippen LogP contribution in [0.3, 0.4) is 0 Å². The number of benzene rings is 6. The predicted molar refractivity (Wildman–Crippen MR) is 290 cm³/mol. The topological polar surface area (TPSA) is 53.0 Å². The van der Waals surface area contributed by atoms with Gasteiger partial charge in [0.2, 0.25) is 0 Å². The molecule has 9 aromatic rings. The predicted octanol–water partition coefficient (Wildman–Crippen LogP) is 15.8. The summed E-state index contributed by atoms with van der Waals surface area (Å²) in [5.74, 6) is 1.12. The molecule has 0 saturated heterocycles. The summed E-state index contributed by atoms with van der Waals surface area (Å²) in [5.41, 5.74) is 10.1. The van der Waals surface area contributed by atoms with Gasteiger partial charge in [0.05, 0.1) is 0 Å². The van der Waals surface area contributed by atoms with Crippen LogP contribution in [0.4, 0.5) is 11.5 Å². The Labute approximate surface area is 443 Å². The van der Waals surface area contributed by atoms with Crippen molar-refractivity contribution in [2.24, 2.45) is 0 Å². The van der Waals surface area contributed by atoms with Crippen LogP contribution in [-0.2, 0) is 41.0 Å². The number of rotatable bonds is 7. The van der Waals surface area contributed by atoms with E-state index in [4.69, 9.17) is 17.9 Å². The number of pyridine rings is 1. The molecular weight excluding hydrogens is 1050 g/mol. The third-order valence-corrected chi connectivity index (χ3v) is 14.3. The van der Waals surface area contributed by atoms with Crippen LogP contribution in [0, 0.1) is 15.9 Å². The van der Waals surface area contributed by atoms with Crippen molar-refractivity contribution in [3.8, 4) is 56.4 Å². The summed E-state index contributed by atoms with van der Waals surface area (Å²) in [6, 6.07) is 39.1. The molecule has 0 bridgehead atoms. The van der Waals surface area contributed by atoms with Gasteiger partial charge in [0.25, 0.3) is 0 Å². The molecule has 0 N–H and O–H groups in total. The van der Waals surface area contributed by atoms with E-state index in [1.54, 1.807) is 29.3 Å². The second-order valence-corrected chi connectivity index (χ2v) is 23.5. The average molecular weight is 1120 g/mol. The summed E-state index contributed by atoms with van der Waals surface area (Å²) in [5, 5.41) is 4.52. The minimum atomic E-state index is -2.53. The van der Waals surface area contributed by atoms with E-state index in [1.807, 2.05) is 66.7 Å². The zero-order valence-electron chi connectivity index (χ0n) is 50.5. The molecule has 1 aliphatic heterocycles. The number of nitrogens with zero attached hydrogens (tertiary/aromatic N) is 6. The van der Waals surface area contributed by atoms with Gasteiger partial charge in [-0.2, -0.15) is 5.10 Å². The average Bonchev–Trinajstić information content (AvgIpc) is 4.24. The molecule has 3 aromatic heterocycles. The van der Waals surface area contributed by atoms with Gasteiger partial charge in [-0.15, -0.1) is 0 Å². The molecule has 1 aliphatic rings. The summed E-state index contributed by atoms with van der Waals surface area (Å²) < 4.78 is 85.1. The maximum atomic E-state index is 9.49. The standard InChI is InChI=1S/C62H63BN6O.Pt/c1-59(2,3)43-28-30-64-57(37-43)68-56-39-49(26-27-50(56)53-29-31-65-69(53)63(68)13)70-48-23-19-22-47(38-48)66-40-67(55-25-18-17-24-54(55)66)58-51(41-20-15-14-16-21-41)35-46(62(10,11)12)36-52(58)42-32-44(60(4,5)6)34-45(33-42)61(7,8)9;/h14-37H,1-13H3;/q-2;/i13D3,14D,15D,16D,20D,21D;. The number of aromatic nitrogens is 5. The molecule has 6 aromatic carbocycles. The Hall–Kier alpha value is -6.50. The van der Waals surface area contributed by atoms with Crippen molar-refractivity contribution in [1.82, 2.24) is 23.8 Å². The van der Waals surface area contributed by atoms with E-state index in [2.05, 4.69) is 153 Å². The van der Waals surface area contributed by atoms with E-state index in [0.29, 0.717) is 55.0 Å². The Morgan fingerprint density at radius 2 is 1.21 bits per heavy atom. The summed E-state index contributed by atoms with van der Waals surface area (Å²) >= 11 is 2.33. The fourth-order valence-electron chi connectivity index (χ4n) is 9.18.